The summed E-state index contributed by atoms with van der Waals surface area (Å²) in [4.78, 5) is 47.4. The molecule has 2 heterocycles. The molecule has 38 heavy (non-hydrogen) atoms. The van der Waals surface area contributed by atoms with Crippen LogP contribution in [0.3, 0.4) is 0 Å². The molecule has 0 radical (unpaired) electrons. The molecule has 1 saturated carbocycles. The third kappa shape index (κ3) is 4.84. The van der Waals surface area contributed by atoms with Crippen molar-refractivity contribution in [3.05, 3.63) is 82.9 Å². The molecule has 192 valence electrons. The summed E-state index contributed by atoms with van der Waals surface area (Å²) in [5, 5.41) is 1.52. The van der Waals surface area contributed by atoms with E-state index >= 15 is 0 Å². The molecule has 1 atom stereocenters. The van der Waals surface area contributed by atoms with Gasteiger partial charge in [-0.15, -0.1) is 11.3 Å². The van der Waals surface area contributed by atoms with E-state index in [9.17, 15) is 14.4 Å². The van der Waals surface area contributed by atoms with Gasteiger partial charge in [0.25, 0.3) is 5.91 Å². The monoisotopic (exact) mass is 543 g/mol. The zero-order valence-corrected chi connectivity index (χ0v) is 22.5. The summed E-state index contributed by atoms with van der Waals surface area (Å²) in [7, 11) is 0. The molecule has 0 spiro atoms. The first-order chi connectivity index (χ1) is 18.4. The van der Waals surface area contributed by atoms with Gasteiger partial charge in [0, 0.05) is 23.0 Å². The Bertz CT molecular complexity index is 1560. The second kappa shape index (κ2) is 9.97. The molecule has 2 aliphatic rings. The van der Waals surface area contributed by atoms with Crippen molar-refractivity contribution >= 4 is 56.6 Å². The van der Waals surface area contributed by atoms with Crippen molar-refractivity contribution in [2.45, 2.75) is 38.6 Å². The number of benzene rings is 3. The minimum absolute atomic E-state index is 0.00812. The highest BCUT2D eigenvalue weighted by atomic mass is 35.5. The van der Waals surface area contributed by atoms with Crippen molar-refractivity contribution in [3.63, 3.8) is 0 Å². The summed E-state index contributed by atoms with van der Waals surface area (Å²) in [6.45, 7) is 2.42. The molecule has 4 aromatic rings. The van der Waals surface area contributed by atoms with Gasteiger partial charge in [0.2, 0.25) is 11.8 Å². The van der Waals surface area contributed by atoms with E-state index in [-0.39, 0.29) is 30.1 Å². The van der Waals surface area contributed by atoms with Gasteiger partial charge in [0.15, 0.2) is 0 Å². The van der Waals surface area contributed by atoms with Crippen LogP contribution in [0.1, 0.15) is 30.4 Å². The first-order valence-corrected chi connectivity index (χ1v) is 14.0. The van der Waals surface area contributed by atoms with E-state index in [1.807, 2.05) is 42.5 Å². The fourth-order valence-corrected chi connectivity index (χ4v) is 6.25. The van der Waals surface area contributed by atoms with Crippen LogP contribution in [-0.2, 0) is 20.8 Å². The second-order valence-corrected chi connectivity index (χ2v) is 11.5. The Hall–Kier alpha value is -3.55. The van der Waals surface area contributed by atoms with Crippen molar-refractivity contribution in [2.75, 3.05) is 11.4 Å². The average Bonchev–Trinajstić information content (AvgIpc) is 3.61. The lowest BCUT2D eigenvalue weighted by Crippen LogP contribution is -2.47. The van der Waals surface area contributed by atoms with E-state index < -0.39 is 6.04 Å². The number of aromatic nitrogens is 1. The SMILES string of the molecule is Cc1ccc2nc(-c3ccc(N4C(=O)CC(N(CCc5cccc(Cl)c5)C(=O)C5CC5)C4=O)cc3)sc2c1. The number of fused-ring (bicyclic) bond motifs is 1. The summed E-state index contributed by atoms with van der Waals surface area (Å²) in [5.41, 5.74) is 4.56. The third-order valence-electron chi connectivity index (χ3n) is 7.16. The second-order valence-electron chi connectivity index (χ2n) is 10.0. The fourth-order valence-electron chi connectivity index (χ4n) is 4.97. The van der Waals surface area contributed by atoms with Crippen LogP contribution in [0, 0.1) is 12.8 Å². The van der Waals surface area contributed by atoms with Crippen molar-refractivity contribution in [3.8, 4) is 10.6 Å². The Morgan fingerprint density at radius 1 is 1.08 bits per heavy atom. The topological polar surface area (TPSA) is 70.6 Å². The number of carbonyl (C=O) groups is 3. The number of carbonyl (C=O) groups excluding carboxylic acids is 3. The van der Waals surface area contributed by atoms with E-state index in [0.29, 0.717) is 23.7 Å². The Balaban J connectivity index is 1.22. The molecule has 1 saturated heterocycles. The fraction of sp³-hybridized carbons (Fsp3) is 0.267. The molecule has 8 heteroatoms. The first kappa shape index (κ1) is 24.8. The lowest BCUT2D eigenvalue weighted by atomic mass is 10.1. The summed E-state index contributed by atoms with van der Waals surface area (Å²) >= 11 is 7.74. The molecular weight excluding hydrogens is 518 g/mol. The van der Waals surface area contributed by atoms with Crippen molar-refractivity contribution in [1.82, 2.24) is 9.88 Å². The van der Waals surface area contributed by atoms with Gasteiger partial charge in [-0.25, -0.2) is 9.88 Å². The van der Waals surface area contributed by atoms with E-state index in [0.717, 1.165) is 39.2 Å². The molecule has 6 rings (SSSR count). The zero-order chi connectivity index (χ0) is 26.4. The van der Waals surface area contributed by atoms with Gasteiger partial charge in [-0.05, 0) is 85.8 Å². The summed E-state index contributed by atoms with van der Waals surface area (Å²) < 4.78 is 1.12. The Labute approximate surface area is 229 Å². The van der Waals surface area contributed by atoms with Crippen LogP contribution in [0.4, 0.5) is 5.69 Å². The summed E-state index contributed by atoms with van der Waals surface area (Å²) in [6.07, 6.45) is 2.22. The number of amides is 3. The maximum atomic E-state index is 13.6. The minimum atomic E-state index is -0.790. The van der Waals surface area contributed by atoms with E-state index in [1.54, 1.807) is 34.4 Å². The van der Waals surface area contributed by atoms with Crippen molar-refractivity contribution < 1.29 is 14.4 Å². The summed E-state index contributed by atoms with van der Waals surface area (Å²) in [5.74, 6) is -0.734. The predicted octanol–water partition coefficient (Wildman–Crippen LogP) is 6.04. The van der Waals surface area contributed by atoms with Crippen LogP contribution in [0.25, 0.3) is 20.8 Å². The highest BCUT2D eigenvalue weighted by Gasteiger charge is 2.46. The number of rotatable bonds is 7. The maximum absolute atomic E-state index is 13.6. The quantitative estimate of drug-likeness (QED) is 0.266. The third-order valence-corrected chi connectivity index (χ3v) is 8.46. The number of halogens is 1. The van der Waals surface area contributed by atoms with Gasteiger partial charge in [0.1, 0.15) is 11.0 Å². The van der Waals surface area contributed by atoms with Gasteiger partial charge < -0.3 is 4.90 Å². The standard InChI is InChI=1S/C30H26ClN3O3S/c1-18-5-12-24-26(15-18)38-28(32-24)20-8-10-23(11-9-20)34-27(35)17-25(30(34)37)33(29(36)21-6-7-21)14-13-19-3-2-4-22(31)16-19/h2-5,8-12,15-16,21,25H,6-7,13-14,17H2,1H3. The van der Waals surface area contributed by atoms with Crippen LogP contribution >= 0.6 is 22.9 Å². The number of aryl methyl sites for hydroxylation is 1. The van der Waals surface area contributed by atoms with Gasteiger partial charge >= 0.3 is 0 Å². The number of hydrogen-bond donors (Lipinski definition) is 0. The molecular formula is C30H26ClN3O3S. The predicted molar refractivity (Wildman–Crippen MR) is 150 cm³/mol. The lowest BCUT2D eigenvalue weighted by Gasteiger charge is -2.28. The molecule has 1 unspecified atom stereocenters. The van der Waals surface area contributed by atoms with E-state index in [4.69, 9.17) is 16.6 Å². The number of anilines is 1. The van der Waals surface area contributed by atoms with Crippen LogP contribution in [0.15, 0.2) is 66.7 Å². The van der Waals surface area contributed by atoms with Crippen LogP contribution in [-0.4, -0.2) is 40.2 Å². The average molecular weight is 544 g/mol. The van der Waals surface area contributed by atoms with Crippen molar-refractivity contribution in [1.29, 1.82) is 0 Å². The molecule has 6 nitrogen and oxygen atoms in total. The molecule has 1 aliphatic heterocycles. The Morgan fingerprint density at radius 3 is 2.61 bits per heavy atom. The highest BCUT2D eigenvalue weighted by molar-refractivity contribution is 7.21. The largest absolute Gasteiger partial charge is 0.330 e. The molecule has 2 fully saturated rings. The molecule has 3 aromatic carbocycles. The van der Waals surface area contributed by atoms with E-state index in [1.165, 1.54) is 10.5 Å². The Morgan fingerprint density at radius 2 is 1.87 bits per heavy atom. The molecule has 0 N–H and O–H groups in total. The normalized spacial score (nSPS) is 17.4. The molecule has 1 aliphatic carbocycles. The van der Waals surface area contributed by atoms with Crippen LogP contribution < -0.4 is 4.90 Å². The minimum Gasteiger partial charge on any atom is -0.330 e. The van der Waals surface area contributed by atoms with Gasteiger partial charge in [-0.1, -0.05) is 29.8 Å². The smallest absolute Gasteiger partial charge is 0.257 e. The highest BCUT2D eigenvalue weighted by Crippen LogP contribution is 2.35. The van der Waals surface area contributed by atoms with Gasteiger partial charge in [-0.3, -0.25) is 14.4 Å². The Kier molecular flexibility index (Phi) is 6.50. The van der Waals surface area contributed by atoms with Crippen molar-refractivity contribution in [2.24, 2.45) is 5.92 Å². The number of hydrogen-bond acceptors (Lipinski definition) is 5. The zero-order valence-electron chi connectivity index (χ0n) is 20.9. The van der Waals surface area contributed by atoms with Crippen LogP contribution in [0.2, 0.25) is 5.02 Å². The van der Waals surface area contributed by atoms with Gasteiger partial charge in [-0.2, -0.15) is 0 Å². The number of imide groups is 1. The van der Waals surface area contributed by atoms with Gasteiger partial charge in [0.05, 0.1) is 22.3 Å². The lowest BCUT2D eigenvalue weighted by molar-refractivity contribution is -0.139. The number of thiazole rings is 1. The summed E-state index contributed by atoms with van der Waals surface area (Å²) in [6, 6.07) is 20.2. The van der Waals surface area contributed by atoms with E-state index in [2.05, 4.69) is 13.0 Å². The number of nitrogens with zero attached hydrogens (tertiary/aromatic N) is 3. The molecule has 0 bridgehead atoms. The maximum Gasteiger partial charge on any atom is 0.257 e. The first-order valence-electron chi connectivity index (χ1n) is 12.8. The molecule has 3 amide bonds. The van der Waals surface area contributed by atoms with Crippen LogP contribution in [0.5, 0.6) is 0 Å². The molecule has 1 aromatic heterocycles.